The lowest BCUT2D eigenvalue weighted by atomic mass is 9.83. The van der Waals surface area contributed by atoms with Gasteiger partial charge in [0.1, 0.15) is 0 Å². The van der Waals surface area contributed by atoms with E-state index in [1.807, 2.05) is 0 Å². The molecule has 0 aliphatic rings. The highest BCUT2D eigenvalue weighted by molar-refractivity contribution is 14.1. The summed E-state index contributed by atoms with van der Waals surface area (Å²) in [6.45, 7) is 0. The summed E-state index contributed by atoms with van der Waals surface area (Å²) in [7, 11) is 0. The topological polar surface area (TPSA) is 0 Å². The fraction of sp³-hybridized carbons (Fsp3) is 0. The zero-order valence-corrected chi connectivity index (χ0v) is 22.2. The minimum atomic E-state index is 1.25. The van der Waals surface area contributed by atoms with Crippen molar-refractivity contribution in [2.75, 3.05) is 0 Å². The van der Waals surface area contributed by atoms with Crippen LogP contribution in [0.1, 0.15) is 0 Å². The van der Waals surface area contributed by atoms with Crippen LogP contribution in [0.2, 0.25) is 0 Å². The van der Waals surface area contributed by atoms with Gasteiger partial charge in [-0.1, -0.05) is 115 Å². The number of hydrogen-bond acceptors (Lipinski definition) is 0. The molecule has 0 aromatic heterocycles. The molecule has 0 atom stereocenters. The second-order valence-electron chi connectivity index (χ2n) is 9.82. The monoisotopic (exact) mass is 580 g/mol. The van der Waals surface area contributed by atoms with Gasteiger partial charge in [-0.15, -0.1) is 0 Å². The molecule has 0 nitrogen and oxygen atoms in total. The van der Waals surface area contributed by atoms with E-state index in [2.05, 4.69) is 150 Å². The quantitative estimate of drug-likeness (QED) is 0.108. The van der Waals surface area contributed by atoms with Gasteiger partial charge in [0.15, 0.2) is 0 Å². The summed E-state index contributed by atoms with van der Waals surface area (Å²) >= 11 is 2.38. The molecule has 0 aliphatic carbocycles. The number of halogens is 1. The first-order chi connectivity index (χ1) is 18.3. The second-order valence-corrected chi connectivity index (χ2v) is 11.1. The van der Waals surface area contributed by atoms with Gasteiger partial charge in [0, 0.05) is 3.57 Å². The number of fused-ring (bicyclic) bond motifs is 2. The van der Waals surface area contributed by atoms with Gasteiger partial charge < -0.3 is 0 Å². The maximum absolute atomic E-state index is 2.38. The molecule has 1 heteroatoms. The molecule has 0 unspecified atom stereocenters. The SMILES string of the molecule is Ic1ccc(-c2c3ccccc3c(-c3ccc4ccc5cccc6ccc3c4c56)c3ccccc23)cc1. The van der Waals surface area contributed by atoms with E-state index < -0.39 is 0 Å². The highest BCUT2D eigenvalue weighted by Crippen LogP contribution is 2.47. The van der Waals surface area contributed by atoms with Gasteiger partial charge in [-0.05, 0) is 111 Å². The van der Waals surface area contributed by atoms with Gasteiger partial charge >= 0.3 is 0 Å². The third-order valence-electron chi connectivity index (χ3n) is 7.86. The normalized spacial score (nSPS) is 11.9. The smallest absolute Gasteiger partial charge is 0.0130 e. The van der Waals surface area contributed by atoms with E-state index in [4.69, 9.17) is 0 Å². The van der Waals surface area contributed by atoms with E-state index in [1.165, 1.54) is 79.7 Å². The van der Waals surface area contributed by atoms with E-state index in [-0.39, 0.29) is 0 Å². The lowest BCUT2D eigenvalue weighted by Gasteiger charge is -2.20. The number of rotatable bonds is 2. The summed E-state index contributed by atoms with van der Waals surface area (Å²) in [5.74, 6) is 0. The van der Waals surface area contributed by atoms with Crippen LogP contribution in [0.4, 0.5) is 0 Å². The molecule has 8 rings (SSSR count). The third-order valence-corrected chi connectivity index (χ3v) is 8.58. The van der Waals surface area contributed by atoms with Crippen molar-refractivity contribution >= 4 is 76.5 Å². The van der Waals surface area contributed by atoms with Crippen LogP contribution < -0.4 is 0 Å². The molecule has 0 aliphatic heterocycles. The molecule has 0 fully saturated rings. The summed E-state index contributed by atoms with van der Waals surface area (Å²) in [5.41, 5.74) is 5.18. The van der Waals surface area contributed by atoms with Gasteiger partial charge in [0.2, 0.25) is 0 Å². The van der Waals surface area contributed by atoms with Crippen LogP contribution in [0.3, 0.4) is 0 Å². The summed E-state index contributed by atoms with van der Waals surface area (Å²) in [6.07, 6.45) is 0. The average Bonchev–Trinajstić information content (AvgIpc) is 2.95. The van der Waals surface area contributed by atoms with Crippen LogP contribution in [0.5, 0.6) is 0 Å². The van der Waals surface area contributed by atoms with Crippen molar-refractivity contribution in [3.8, 4) is 22.3 Å². The first kappa shape index (κ1) is 21.2. The Morgan fingerprint density at radius 2 is 0.865 bits per heavy atom. The largest absolute Gasteiger partial charge is 0.0616 e. The Kier molecular flexibility index (Phi) is 4.59. The summed E-state index contributed by atoms with van der Waals surface area (Å²) in [5, 5.41) is 13.1. The molecular formula is C36H21I. The van der Waals surface area contributed by atoms with Gasteiger partial charge in [-0.2, -0.15) is 0 Å². The number of hydrogen-bond donors (Lipinski definition) is 0. The van der Waals surface area contributed by atoms with E-state index in [9.17, 15) is 0 Å². The molecule has 0 heterocycles. The van der Waals surface area contributed by atoms with Crippen LogP contribution >= 0.6 is 22.6 Å². The molecule has 0 saturated carbocycles. The first-order valence-corrected chi connectivity index (χ1v) is 13.7. The van der Waals surface area contributed by atoms with E-state index in [1.54, 1.807) is 0 Å². The lowest BCUT2D eigenvalue weighted by Crippen LogP contribution is -1.92. The molecule has 37 heavy (non-hydrogen) atoms. The van der Waals surface area contributed by atoms with Crippen molar-refractivity contribution in [1.82, 2.24) is 0 Å². The van der Waals surface area contributed by atoms with Crippen LogP contribution in [0.25, 0.3) is 76.1 Å². The molecule has 172 valence electrons. The second kappa shape index (κ2) is 8.03. The third kappa shape index (κ3) is 3.07. The van der Waals surface area contributed by atoms with E-state index in [0.29, 0.717) is 0 Å². The minimum Gasteiger partial charge on any atom is -0.0616 e. The van der Waals surface area contributed by atoms with Crippen molar-refractivity contribution in [3.05, 3.63) is 131 Å². The zero-order chi connectivity index (χ0) is 24.5. The van der Waals surface area contributed by atoms with Crippen LogP contribution in [-0.4, -0.2) is 0 Å². The Hall–Kier alpha value is -3.95. The van der Waals surface area contributed by atoms with Crippen LogP contribution in [0, 0.1) is 3.57 Å². The maximum Gasteiger partial charge on any atom is 0.0130 e. The molecule has 0 saturated heterocycles. The van der Waals surface area contributed by atoms with E-state index >= 15 is 0 Å². The molecule has 8 aromatic rings. The number of benzene rings is 8. The Labute approximate surface area is 228 Å². The highest BCUT2D eigenvalue weighted by atomic mass is 127. The molecule has 0 spiro atoms. The summed E-state index contributed by atoms with van der Waals surface area (Å²) in [4.78, 5) is 0. The fourth-order valence-electron chi connectivity index (χ4n) is 6.30. The Balaban J connectivity index is 1.57. The van der Waals surface area contributed by atoms with Crippen molar-refractivity contribution in [1.29, 1.82) is 0 Å². The predicted octanol–water partition coefficient (Wildman–Crippen LogP) is 10.8. The van der Waals surface area contributed by atoms with Crippen molar-refractivity contribution in [3.63, 3.8) is 0 Å². The van der Waals surface area contributed by atoms with Gasteiger partial charge in [0.25, 0.3) is 0 Å². The van der Waals surface area contributed by atoms with Crippen LogP contribution in [0.15, 0.2) is 127 Å². The molecule has 0 N–H and O–H groups in total. The van der Waals surface area contributed by atoms with Gasteiger partial charge in [-0.25, -0.2) is 0 Å². The first-order valence-electron chi connectivity index (χ1n) is 12.6. The van der Waals surface area contributed by atoms with Crippen molar-refractivity contribution < 1.29 is 0 Å². The van der Waals surface area contributed by atoms with Gasteiger partial charge in [0.05, 0.1) is 0 Å². The summed E-state index contributed by atoms with van der Waals surface area (Å²) in [6, 6.07) is 47.2. The zero-order valence-electron chi connectivity index (χ0n) is 20.0. The standard InChI is InChI=1S/C36H21I/c37-26-18-14-24(15-19-26)34-27-8-1-3-10-29(27)36(30-11-4-2-9-28(30)34)32-21-17-25-13-12-22-6-5-7-23-16-20-31(32)35(25)33(22)23/h1-21H. The Morgan fingerprint density at radius 1 is 0.351 bits per heavy atom. The molecule has 0 amide bonds. The van der Waals surface area contributed by atoms with Gasteiger partial charge in [-0.3, -0.25) is 0 Å². The fourth-order valence-corrected chi connectivity index (χ4v) is 6.66. The Bertz CT molecular complexity index is 2060. The minimum absolute atomic E-state index is 1.25. The van der Waals surface area contributed by atoms with E-state index in [0.717, 1.165) is 0 Å². The van der Waals surface area contributed by atoms with Crippen molar-refractivity contribution in [2.24, 2.45) is 0 Å². The molecule has 0 radical (unpaired) electrons. The maximum atomic E-state index is 2.38. The lowest BCUT2D eigenvalue weighted by molar-refractivity contribution is 1.63. The molecule has 8 aromatic carbocycles. The molecule has 0 bridgehead atoms. The average molecular weight is 580 g/mol. The summed E-state index contributed by atoms with van der Waals surface area (Å²) < 4.78 is 1.25. The van der Waals surface area contributed by atoms with Crippen LogP contribution in [-0.2, 0) is 0 Å². The molecular weight excluding hydrogens is 559 g/mol. The van der Waals surface area contributed by atoms with Crippen molar-refractivity contribution in [2.45, 2.75) is 0 Å². The Morgan fingerprint density at radius 3 is 1.49 bits per heavy atom. The highest BCUT2D eigenvalue weighted by Gasteiger charge is 2.19. The predicted molar refractivity (Wildman–Crippen MR) is 169 cm³/mol.